The first-order valence-corrected chi connectivity index (χ1v) is 11.1. The highest BCUT2D eigenvalue weighted by molar-refractivity contribution is 5.96. The highest BCUT2D eigenvalue weighted by atomic mass is 19.4. The number of pyridine rings is 1. The van der Waals surface area contributed by atoms with E-state index in [1.54, 1.807) is 0 Å². The minimum absolute atomic E-state index is 0.0103. The summed E-state index contributed by atoms with van der Waals surface area (Å²) in [7, 11) is 0. The second kappa shape index (κ2) is 9.39. The molecule has 4 nitrogen and oxygen atoms in total. The van der Waals surface area contributed by atoms with Crippen LogP contribution in [0.1, 0.15) is 47.2 Å². The molecule has 1 aliphatic carbocycles. The summed E-state index contributed by atoms with van der Waals surface area (Å²) in [6, 6.07) is 11.6. The van der Waals surface area contributed by atoms with Crippen LogP contribution in [0.4, 0.5) is 32.2 Å². The summed E-state index contributed by atoms with van der Waals surface area (Å²) in [5.41, 5.74) is -0.592. The van der Waals surface area contributed by atoms with E-state index in [9.17, 15) is 31.1 Å². The molecule has 1 aromatic heterocycles. The van der Waals surface area contributed by atoms with Crippen molar-refractivity contribution in [2.24, 2.45) is 0 Å². The van der Waals surface area contributed by atoms with E-state index >= 15 is 0 Å². The van der Waals surface area contributed by atoms with Gasteiger partial charge < -0.3 is 5.32 Å². The fourth-order valence-corrected chi connectivity index (χ4v) is 4.65. The van der Waals surface area contributed by atoms with Crippen molar-refractivity contribution >= 4 is 22.6 Å². The fourth-order valence-electron chi connectivity index (χ4n) is 4.65. The maximum Gasteiger partial charge on any atom is 0.487 e. The largest absolute Gasteiger partial charge is 0.487 e. The Balaban J connectivity index is 1.50. The summed E-state index contributed by atoms with van der Waals surface area (Å²) in [5.74, 6) is -1.08. The molecule has 186 valence electrons. The number of carbonyl (C=O) groups is 1. The van der Waals surface area contributed by atoms with Gasteiger partial charge in [-0.2, -0.15) is 13.2 Å². The van der Waals surface area contributed by atoms with Crippen molar-refractivity contribution < 1.29 is 31.1 Å². The Morgan fingerprint density at radius 2 is 1.57 bits per heavy atom. The monoisotopic (exact) mass is 495 g/mol. The number of halogens is 6. The van der Waals surface area contributed by atoms with Gasteiger partial charge >= 0.3 is 12.5 Å². The van der Waals surface area contributed by atoms with E-state index in [1.807, 2.05) is 37.3 Å². The first-order valence-electron chi connectivity index (χ1n) is 11.1. The van der Waals surface area contributed by atoms with Crippen LogP contribution in [0.5, 0.6) is 0 Å². The summed E-state index contributed by atoms with van der Waals surface area (Å²) >= 11 is 0. The number of para-hydroxylation sites is 1. The molecule has 1 heterocycles. The van der Waals surface area contributed by atoms with Crippen LogP contribution in [0.25, 0.3) is 10.9 Å². The van der Waals surface area contributed by atoms with Gasteiger partial charge in [0.05, 0.1) is 16.6 Å². The van der Waals surface area contributed by atoms with E-state index in [-0.39, 0.29) is 23.8 Å². The van der Waals surface area contributed by atoms with Crippen molar-refractivity contribution in [2.75, 3.05) is 5.32 Å². The van der Waals surface area contributed by atoms with Crippen LogP contribution in [0.3, 0.4) is 0 Å². The Hall–Kier alpha value is -3.30. The number of amides is 1. The molecule has 4 rings (SSSR count). The highest BCUT2D eigenvalue weighted by Gasteiger charge is 2.48. The zero-order valence-electron chi connectivity index (χ0n) is 18.7. The maximum atomic E-state index is 13.9. The van der Waals surface area contributed by atoms with Crippen molar-refractivity contribution in [3.63, 3.8) is 0 Å². The summed E-state index contributed by atoms with van der Waals surface area (Å²) in [6.07, 6.45) is -9.47. The number of rotatable bonds is 4. The molecule has 0 radical (unpaired) electrons. The van der Waals surface area contributed by atoms with Gasteiger partial charge in [0.15, 0.2) is 0 Å². The van der Waals surface area contributed by atoms with Crippen LogP contribution in [0.2, 0.25) is 0 Å². The van der Waals surface area contributed by atoms with E-state index in [4.69, 9.17) is 0 Å². The third-order valence-electron chi connectivity index (χ3n) is 6.29. The van der Waals surface area contributed by atoms with Gasteiger partial charge in [0.2, 0.25) is 0 Å². The lowest BCUT2D eigenvalue weighted by molar-refractivity contribution is -0.239. The minimum Gasteiger partial charge on any atom is -0.367 e. The number of fused-ring (bicyclic) bond motifs is 1. The van der Waals surface area contributed by atoms with Gasteiger partial charge in [-0.3, -0.25) is 4.79 Å². The molecule has 1 N–H and O–H groups in total. The Bertz CT molecular complexity index is 1220. The van der Waals surface area contributed by atoms with Gasteiger partial charge in [0.25, 0.3) is 5.91 Å². The van der Waals surface area contributed by atoms with Crippen molar-refractivity contribution in [1.82, 2.24) is 9.88 Å². The third-order valence-corrected chi connectivity index (χ3v) is 6.29. The molecule has 0 spiro atoms. The van der Waals surface area contributed by atoms with Crippen molar-refractivity contribution in [3.8, 4) is 0 Å². The predicted octanol–water partition coefficient (Wildman–Crippen LogP) is 6.95. The molecule has 2 aromatic carbocycles. The molecule has 10 heteroatoms. The SMILES string of the molecule is Cc1cc(N[C@H]2CC[C@@H](N(C(=O)c3ccccc3C(F)(F)F)C(F)(F)F)CC2)nc2ccccc12. The molecule has 0 saturated heterocycles. The van der Waals surface area contributed by atoms with Crippen molar-refractivity contribution in [2.45, 2.75) is 57.2 Å². The maximum absolute atomic E-state index is 13.9. The van der Waals surface area contributed by atoms with Crippen LogP contribution in [0.15, 0.2) is 54.6 Å². The molecular weight excluding hydrogens is 472 g/mol. The van der Waals surface area contributed by atoms with Crippen LogP contribution in [-0.2, 0) is 6.18 Å². The number of nitrogens with zero attached hydrogens (tertiary/aromatic N) is 2. The Morgan fingerprint density at radius 3 is 2.23 bits per heavy atom. The number of nitrogens with one attached hydrogen (secondary N) is 1. The average molecular weight is 495 g/mol. The van der Waals surface area contributed by atoms with Gasteiger partial charge in [0, 0.05) is 17.5 Å². The van der Waals surface area contributed by atoms with E-state index in [1.165, 1.54) is 0 Å². The highest BCUT2D eigenvalue weighted by Crippen LogP contribution is 2.37. The lowest BCUT2D eigenvalue weighted by atomic mass is 9.89. The van der Waals surface area contributed by atoms with Crippen LogP contribution < -0.4 is 5.32 Å². The Morgan fingerprint density at radius 1 is 0.943 bits per heavy atom. The molecule has 3 aromatic rings. The number of aryl methyl sites for hydroxylation is 1. The van der Waals surface area contributed by atoms with E-state index in [0.29, 0.717) is 24.7 Å². The first kappa shape index (κ1) is 24.8. The van der Waals surface area contributed by atoms with Gasteiger partial charge in [-0.15, -0.1) is 13.2 Å². The number of hydrogen-bond donors (Lipinski definition) is 1. The molecule has 1 fully saturated rings. The van der Waals surface area contributed by atoms with Gasteiger partial charge in [-0.05, 0) is 62.4 Å². The number of alkyl halides is 6. The van der Waals surface area contributed by atoms with E-state index in [2.05, 4.69) is 10.3 Å². The van der Waals surface area contributed by atoms with Gasteiger partial charge in [-0.1, -0.05) is 30.3 Å². The number of benzene rings is 2. The number of anilines is 1. The zero-order valence-corrected chi connectivity index (χ0v) is 18.7. The second-order valence-electron chi connectivity index (χ2n) is 8.68. The molecule has 35 heavy (non-hydrogen) atoms. The molecule has 0 bridgehead atoms. The quantitative estimate of drug-likeness (QED) is 0.315. The summed E-state index contributed by atoms with van der Waals surface area (Å²) in [6.45, 7) is 1.94. The molecule has 0 aliphatic heterocycles. The number of hydrogen-bond acceptors (Lipinski definition) is 3. The standard InChI is InChI=1S/C25H23F6N3O/c1-15-14-22(33-21-9-5-3-6-18(15)21)32-16-10-12-17(13-11-16)34(25(29,30)31)23(35)19-7-2-4-8-20(19)24(26,27)28/h2-9,14,16-17H,10-13H2,1H3,(H,32,33)/t16-,17+. The Kier molecular flexibility index (Phi) is 6.66. The molecule has 1 saturated carbocycles. The molecule has 0 unspecified atom stereocenters. The van der Waals surface area contributed by atoms with Gasteiger partial charge in [-0.25, -0.2) is 9.88 Å². The first-order chi connectivity index (χ1) is 16.4. The second-order valence-corrected chi connectivity index (χ2v) is 8.68. The van der Waals surface area contributed by atoms with Crippen LogP contribution in [0, 0.1) is 6.92 Å². The van der Waals surface area contributed by atoms with Crippen LogP contribution in [-0.4, -0.2) is 34.2 Å². The molecule has 1 amide bonds. The van der Waals surface area contributed by atoms with Crippen molar-refractivity contribution in [3.05, 3.63) is 71.3 Å². The smallest absolute Gasteiger partial charge is 0.367 e. The van der Waals surface area contributed by atoms with Crippen molar-refractivity contribution in [1.29, 1.82) is 0 Å². The van der Waals surface area contributed by atoms with E-state index in [0.717, 1.165) is 34.7 Å². The lowest BCUT2D eigenvalue weighted by Crippen LogP contribution is -2.51. The molecular formula is C25H23F6N3O. The minimum atomic E-state index is -5.11. The summed E-state index contributed by atoms with van der Waals surface area (Å²) in [5, 5.41) is 4.26. The summed E-state index contributed by atoms with van der Waals surface area (Å²) < 4.78 is 81.7. The topological polar surface area (TPSA) is 45.2 Å². The average Bonchev–Trinajstić information content (AvgIpc) is 2.79. The Labute approximate surface area is 197 Å². The number of aromatic nitrogens is 1. The van der Waals surface area contributed by atoms with E-state index < -0.39 is 35.6 Å². The molecule has 1 aliphatic rings. The third kappa shape index (κ3) is 5.36. The predicted molar refractivity (Wildman–Crippen MR) is 120 cm³/mol. The summed E-state index contributed by atoms with van der Waals surface area (Å²) in [4.78, 5) is 17.0. The molecule has 0 atom stereocenters. The lowest BCUT2D eigenvalue weighted by Gasteiger charge is -2.38. The zero-order chi connectivity index (χ0) is 25.4. The fraction of sp³-hybridized carbons (Fsp3) is 0.360. The normalized spacial score (nSPS) is 18.9. The van der Waals surface area contributed by atoms with Gasteiger partial charge in [0.1, 0.15) is 5.82 Å². The van der Waals surface area contributed by atoms with Crippen LogP contribution >= 0.6 is 0 Å². The number of carbonyl (C=O) groups excluding carboxylic acids is 1.